The minimum atomic E-state index is -4.64. The Morgan fingerprint density at radius 1 is 0.853 bits per heavy atom. The highest BCUT2D eigenvalue weighted by Crippen LogP contribution is 2.48. The smallest absolute Gasteiger partial charge is 0.273 e. The number of alkyl halides is 3. The average Bonchev–Trinajstić information content (AvgIpc) is 3.32. The molecular formula is C24H15BrF4N2O3. The summed E-state index contributed by atoms with van der Waals surface area (Å²) in [6.45, 7) is 0. The highest BCUT2D eigenvalue weighted by atomic mass is 79.9. The van der Waals surface area contributed by atoms with Crippen molar-refractivity contribution in [1.82, 2.24) is 0 Å². The van der Waals surface area contributed by atoms with Gasteiger partial charge in [-0.3, -0.25) is 14.4 Å². The summed E-state index contributed by atoms with van der Waals surface area (Å²) < 4.78 is 53.7. The summed E-state index contributed by atoms with van der Waals surface area (Å²) in [6.07, 6.45) is -5.89. The van der Waals surface area contributed by atoms with E-state index >= 15 is 0 Å². The van der Waals surface area contributed by atoms with Gasteiger partial charge in [0.05, 0.1) is 27.5 Å². The van der Waals surface area contributed by atoms with Crippen LogP contribution in [0.1, 0.15) is 17.2 Å². The quantitative estimate of drug-likeness (QED) is 0.321. The predicted molar refractivity (Wildman–Crippen MR) is 118 cm³/mol. The lowest BCUT2D eigenvalue weighted by atomic mass is 9.90. The summed E-state index contributed by atoms with van der Waals surface area (Å²) in [5.74, 6) is -3.03. The Morgan fingerprint density at radius 2 is 1.56 bits per heavy atom. The molecule has 2 aliphatic rings. The third-order valence-corrected chi connectivity index (χ3v) is 6.45. The van der Waals surface area contributed by atoms with Crippen LogP contribution in [0.2, 0.25) is 0 Å². The maximum absolute atomic E-state index is 13.9. The largest absolute Gasteiger partial charge is 0.416 e. The summed E-state index contributed by atoms with van der Waals surface area (Å²) >= 11 is 3.14. The van der Waals surface area contributed by atoms with E-state index in [0.29, 0.717) is 11.3 Å². The van der Waals surface area contributed by atoms with Crippen LogP contribution in [0.4, 0.5) is 28.9 Å². The molecule has 0 radical (unpaired) electrons. The maximum atomic E-state index is 13.9. The van der Waals surface area contributed by atoms with E-state index in [1.807, 2.05) is 0 Å². The molecule has 2 aliphatic heterocycles. The number of halogens is 5. The van der Waals surface area contributed by atoms with Gasteiger partial charge in [-0.2, -0.15) is 13.2 Å². The average molecular weight is 535 g/mol. The number of hydroxylamine groups is 1. The molecule has 0 aromatic heterocycles. The van der Waals surface area contributed by atoms with Gasteiger partial charge in [-0.1, -0.05) is 30.3 Å². The van der Waals surface area contributed by atoms with Gasteiger partial charge in [-0.05, 0) is 64.0 Å². The van der Waals surface area contributed by atoms with Crippen LogP contribution < -0.4 is 9.96 Å². The van der Waals surface area contributed by atoms with Gasteiger partial charge in [0.2, 0.25) is 5.91 Å². The van der Waals surface area contributed by atoms with E-state index in [4.69, 9.17) is 4.84 Å². The van der Waals surface area contributed by atoms with Crippen molar-refractivity contribution in [3.05, 3.63) is 94.2 Å². The first-order valence-electron chi connectivity index (χ1n) is 10.2. The molecule has 3 atom stereocenters. The van der Waals surface area contributed by atoms with Gasteiger partial charge in [0.15, 0.2) is 6.10 Å². The molecular weight excluding hydrogens is 520 g/mol. The lowest BCUT2D eigenvalue weighted by Crippen LogP contribution is -2.37. The van der Waals surface area contributed by atoms with E-state index in [2.05, 4.69) is 15.9 Å². The zero-order chi connectivity index (χ0) is 24.2. The van der Waals surface area contributed by atoms with E-state index in [0.717, 1.165) is 23.1 Å². The lowest BCUT2D eigenvalue weighted by molar-refractivity contribution is -0.137. The highest BCUT2D eigenvalue weighted by Gasteiger charge is 2.60. The van der Waals surface area contributed by atoms with Crippen molar-refractivity contribution in [2.24, 2.45) is 5.92 Å². The van der Waals surface area contributed by atoms with Gasteiger partial charge in [0.1, 0.15) is 11.7 Å². The summed E-state index contributed by atoms with van der Waals surface area (Å²) in [5, 5.41) is 1.42. The Bertz CT molecular complexity index is 1280. The van der Waals surface area contributed by atoms with Crippen molar-refractivity contribution in [3.8, 4) is 0 Å². The Labute approximate surface area is 199 Å². The van der Waals surface area contributed by atoms with E-state index in [-0.39, 0.29) is 10.2 Å². The maximum Gasteiger partial charge on any atom is 0.416 e. The van der Waals surface area contributed by atoms with E-state index in [1.54, 1.807) is 30.3 Å². The first-order valence-corrected chi connectivity index (χ1v) is 11.0. The van der Waals surface area contributed by atoms with Gasteiger partial charge in [0, 0.05) is 0 Å². The molecule has 2 fully saturated rings. The minimum absolute atomic E-state index is 0.160. The Kier molecular flexibility index (Phi) is 5.44. The SMILES string of the molecule is O=C1[C@H]2[C@@H](ON(c3ccccc3)[C@H]2c2ccc(F)c(Br)c2)C(=O)N1c1cccc(C(F)(F)F)c1. The molecule has 2 saturated heterocycles. The molecule has 0 saturated carbocycles. The molecule has 2 heterocycles. The zero-order valence-electron chi connectivity index (χ0n) is 17.2. The van der Waals surface area contributed by atoms with E-state index in [9.17, 15) is 27.2 Å². The van der Waals surface area contributed by atoms with Crippen LogP contribution >= 0.6 is 15.9 Å². The number of benzene rings is 3. The molecule has 5 rings (SSSR count). The molecule has 34 heavy (non-hydrogen) atoms. The molecule has 2 amide bonds. The number of imide groups is 1. The van der Waals surface area contributed by atoms with Crippen LogP contribution in [-0.4, -0.2) is 17.9 Å². The standard InChI is InChI=1S/C24H15BrF4N2O3/c25-17-11-13(9-10-18(17)26)20-19-21(34-31(20)15-6-2-1-3-7-15)23(33)30(22(19)32)16-8-4-5-14(12-16)24(27,28)29/h1-12,19-21H/t19-,20+,21-/m1/s1. The van der Waals surface area contributed by atoms with Gasteiger partial charge in [0.25, 0.3) is 5.91 Å². The summed E-state index contributed by atoms with van der Waals surface area (Å²) in [5.41, 5.74) is -0.105. The summed E-state index contributed by atoms with van der Waals surface area (Å²) in [7, 11) is 0. The number of nitrogens with zero attached hydrogens (tertiary/aromatic N) is 2. The second-order valence-corrected chi connectivity index (χ2v) is 8.75. The summed E-state index contributed by atoms with van der Waals surface area (Å²) in [4.78, 5) is 33.4. The van der Waals surface area contributed by atoms with E-state index in [1.165, 1.54) is 29.3 Å². The minimum Gasteiger partial charge on any atom is -0.273 e. The molecule has 10 heteroatoms. The van der Waals surface area contributed by atoms with Gasteiger partial charge >= 0.3 is 6.18 Å². The van der Waals surface area contributed by atoms with Gasteiger partial charge in [-0.25, -0.2) is 14.4 Å². The monoisotopic (exact) mass is 534 g/mol. The number of carbonyl (C=O) groups excluding carboxylic acids is 2. The topological polar surface area (TPSA) is 49.9 Å². The number of hydrogen-bond acceptors (Lipinski definition) is 4. The molecule has 0 aliphatic carbocycles. The number of amides is 2. The fraction of sp³-hybridized carbons (Fsp3) is 0.167. The van der Waals surface area contributed by atoms with Crippen LogP contribution in [-0.2, 0) is 20.6 Å². The normalized spacial score (nSPS) is 22.4. The fourth-order valence-electron chi connectivity index (χ4n) is 4.32. The van der Waals surface area contributed by atoms with Crippen LogP contribution in [0, 0.1) is 11.7 Å². The number of para-hydroxylation sites is 1. The third kappa shape index (κ3) is 3.67. The highest BCUT2D eigenvalue weighted by molar-refractivity contribution is 9.10. The second-order valence-electron chi connectivity index (χ2n) is 7.89. The first-order chi connectivity index (χ1) is 16.2. The van der Waals surface area contributed by atoms with Crippen LogP contribution in [0.15, 0.2) is 77.3 Å². The number of anilines is 2. The van der Waals surface area contributed by atoms with Crippen molar-refractivity contribution in [2.45, 2.75) is 18.3 Å². The third-order valence-electron chi connectivity index (χ3n) is 5.84. The Morgan fingerprint density at radius 3 is 2.24 bits per heavy atom. The molecule has 0 bridgehead atoms. The van der Waals surface area contributed by atoms with Crippen LogP contribution in [0.3, 0.4) is 0 Å². The van der Waals surface area contributed by atoms with Crippen molar-refractivity contribution in [3.63, 3.8) is 0 Å². The molecule has 5 nitrogen and oxygen atoms in total. The fourth-order valence-corrected chi connectivity index (χ4v) is 4.72. The number of fused-ring (bicyclic) bond motifs is 1. The van der Waals surface area contributed by atoms with E-state index < -0.39 is 47.4 Å². The second kappa shape index (κ2) is 8.21. The first kappa shape index (κ1) is 22.5. The zero-order valence-corrected chi connectivity index (χ0v) is 18.8. The van der Waals surface area contributed by atoms with Crippen LogP contribution in [0.25, 0.3) is 0 Å². The van der Waals surface area contributed by atoms with Crippen molar-refractivity contribution >= 4 is 39.1 Å². The Hall–Kier alpha value is -3.24. The molecule has 0 N–H and O–H groups in total. The van der Waals surface area contributed by atoms with Crippen molar-refractivity contribution in [2.75, 3.05) is 9.96 Å². The molecule has 0 spiro atoms. The Balaban J connectivity index is 1.58. The molecule has 174 valence electrons. The van der Waals surface area contributed by atoms with Gasteiger partial charge < -0.3 is 0 Å². The number of rotatable bonds is 3. The van der Waals surface area contributed by atoms with Crippen molar-refractivity contribution in [1.29, 1.82) is 0 Å². The lowest BCUT2D eigenvalue weighted by Gasteiger charge is -2.29. The number of hydrogen-bond donors (Lipinski definition) is 0. The van der Waals surface area contributed by atoms with Crippen molar-refractivity contribution < 1.29 is 32.0 Å². The molecule has 3 aromatic carbocycles. The summed E-state index contributed by atoms with van der Waals surface area (Å²) in [6, 6.07) is 16.2. The number of carbonyl (C=O) groups is 2. The van der Waals surface area contributed by atoms with Crippen LogP contribution in [0.5, 0.6) is 0 Å². The molecule has 3 aromatic rings. The van der Waals surface area contributed by atoms with Gasteiger partial charge in [-0.15, -0.1) is 0 Å². The predicted octanol–water partition coefficient (Wildman–Crippen LogP) is 5.66. The molecule has 0 unspecified atom stereocenters.